The summed E-state index contributed by atoms with van der Waals surface area (Å²) in [7, 11) is 0. The maximum atomic E-state index is 11.2. The van der Waals surface area contributed by atoms with Crippen molar-refractivity contribution in [3.05, 3.63) is 42.0 Å². The summed E-state index contributed by atoms with van der Waals surface area (Å²) in [5.74, 6) is -0.283. The summed E-state index contributed by atoms with van der Waals surface area (Å²) in [6.07, 6.45) is 1.46. The van der Waals surface area contributed by atoms with Gasteiger partial charge >= 0.3 is 0 Å². The van der Waals surface area contributed by atoms with Gasteiger partial charge in [0.1, 0.15) is 0 Å². The van der Waals surface area contributed by atoms with E-state index in [-0.39, 0.29) is 5.78 Å². The fraction of sp³-hybridized carbons (Fsp3) is 0.182. The van der Waals surface area contributed by atoms with Crippen LogP contribution in [0.15, 0.2) is 36.4 Å². The predicted molar refractivity (Wildman–Crippen MR) is 60.6 cm³/mol. The molecule has 0 saturated carbocycles. The number of benzene rings is 1. The molecule has 0 amide bonds. The third-order valence-electron chi connectivity index (χ3n) is 1.80. The Morgan fingerprint density at radius 2 is 1.86 bits per heavy atom. The van der Waals surface area contributed by atoms with E-state index < -0.39 is 4.84 Å². The lowest BCUT2D eigenvalue weighted by Gasteiger charge is -2.00. The molecule has 0 aromatic heterocycles. The zero-order valence-electron chi connectivity index (χ0n) is 7.71. The normalized spacial score (nSPS) is 11.9. The molecule has 0 aliphatic carbocycles. The lowest BCUT2D eigenvalue weighted by Crippen LogP contribution is -2.03. The molecule has 1 aromatic rings. The van der Waals surface area contributed by atoms with Crippen LogP contribution >= 0.6 is 23.2 Å². The highest BCUT2D eigenvalue weighted by atomic mass is 35.5. The van der Waals surface area contributed by atoms with Crippen LogP contribution in [0.2, 0.25) is 0 Å². The smallest absolute Gasteiger partial charge is 0.188 e. The van der Waals surface area contributed by atoms with E-state index in [2.05, 4.69) is 0 Å². The largest absolute Gasteiger partial charge is 0.292 e. The molecule has 0 heterocycles. The molecule has 0 radical (unpaired) electrons. The van der Waals surface area contributed by atoms with Crippen LogP contribution in [0.25, 0.3) is 5.57 Å². The van der Waals surface area contributed by atoms with Gasteiger partial charge in [0, 0.05) is 0 Å². The summed E-state index contributed by atoms with van der Waals surface area (Å²) in [5, 5.41) is 0. The lowest BCUT2D eigenvalue weighted by molar-refractivity contribution is -0.113. The fourth-order valence-corrected chi connectivity index (χ4v) is 1.19. The molecular formula is C11H10Cl2O. The monoisotopic (exact) mass is 228 g/mol. The number of hydrogen-bond donors (Lipinski definition) is 0. The number of hydrogen-bond acceptors (Lipinski definition) is 1. The minimum absolute atomic E-state index is 0.283. The summed E-state index contributed by atoms with van der Waals surface area (Å²) in [6.45, 7) is 1.85. The number of carbonyl (C=O) groups is 1. The predicted octanol–water partition coefficient (Wildman–Crippen LogP) is 3.46. The summed E-state index contributed by atoms with van der Waals surface area (Å²) >= 11 is 10.9. The van der Waals surface area contributed by atoms with Crippen LogP contribution in [0, 0.1) is 0 Å². The average Bonchev–Trinajstić information content (AvgIpc) is 2.19. The first kappa shape index (κ1) is 11.3. The highest BCUT2D eigenvalue weighted by Gasteiger charge is 2.08. The number of ketones is 1. The minimum atomic E-state index is -0.978. The van der Waals surface area contributed by atoms with Gasteiger partial charge in [-0.3, -0.25) is 4.79 Å². The van der Waals surface area contributed by atoms with Crippen LogP contribution < -0.4 is 0 Å². The van der Waals surface area contributed by atoms with Crippen molar-refractivity contribution < 1.29 is 4.79 Å². The van der Waals surface area contributed by atoms with Crippen molar-refractivity contribution >= 4 is 34.6 Å². The number of carbonyl (C=O) groups excluding carboxylic acids is 1. The molecule has 14 heavy (non-hydrogen) atoms. The van der Waals surface area contributed by atoms with Crippen LogP contribution in [0.4, 0.5) is 0 Å². The number of alkyl halides is 2. The van der Waals surface area contributed by atoms with Gasteiger partial charge in [0.2, 0.25) is 0 Å². The molecule has 0 aliphatic rings. The van der Waals surface area contributed by atoms with E-state index in [1.165, 1.54) is 6.08 Å². The summed E-state index contributed by atoms with van der Waals surface area (Å²) in [4.78, 5) is 10.2. The van der Waals surface area contributed by atoms with Crippen molar-refractivity contribution in [3.8, 4) is 0 Å². The van der Waals surface area contributed by atoms with Gasteiger partial charge in [-0.15, -0.1) is 0 Å². The maximum Gasteiger partial charge on any atom is 0.188 e. The van der Waals surface area contributed by atoms with Gasteiger partial charge < -0.3 is 0 Å². The Morgan fingerprint density at radius 3 is 2.36 bits per heavy atom. The summed E-state index contributed by atoms with van der Waals surface area (Å²) in [6, 6.07) is 9.60. The molecule has 0 unspecified atom stereocenters. The van der Waals surface area contributed by atoms with Crippen molar-refractivity contribution in [2.75, 3.05) is 0 Å². The molecule has 1 nitrogen and oxygen atoms in total. The highest BCUT2D eigenvalue weighted by molar-refractivity contribution is 6.55. The quantitative estimate of drug-likeness (QED) is 0.573. The number of halogens is 2. The van der Waals surface area contributed by atoms with Gasteiger partial charge in [-0.05, 0) is 24.1 Å². The third-order valence-corrected chi connectivity index (χ3v) is 2.23. The summed E-state index contributed by atoms with van der Waals surface area (Å²) in [5.41, 5.74) is 1.86. The molecule has 0 spiro atoms. The number of rotatable bonds is 3. The first-order valence-corrected chi connectivity index (χ1v) is 5.04. The molecule has 3 heteroatoms. The van der Waals surface area contributed by atoms with E-state index in [4.69, 9.17) is 23.2 Å². The second kappa shape index (κ2) is 5.18. The molecule has 0 fully saturated rings. The Morgan fingerprint density at radius 1 is 1.29 bits per heavy atom. The Kier molecular flexibility index (Phi) is 4.18. The van der Waals surface area contributed by atoms with Gasteiger partial charge in [-0.1, -0.05) is 53.5 Å². The van der Waals surface area contributed by atoms with Gasteiger partial charge in [0.25, 0.3) is 0 Å². The van der Waals surface area contributed by atoms with E-state index in [0.717, 1.165) is 11.1 Å². The molecular weight excluding hydrogens is 219 g/mol. The van der Waals surface area contributed by atoms with E-state index in [0.29, 0.717) is 0 Å². The Bertz CT molecular complexity index is 342. The zero-order valence-corrected chi connectivity index (χ0v) is 9.22. The molecule has 1 aromatic carbocycles. The standard InChI is InChI=1S/C11H10Cl2O/c1-8(7-10(14)11(12)13)9-5-3-2-4-6-9/h2-7,11H,1H3/b8-7+. The van der Waals surface area contributed by atoms with Crippen molar-refractivity contribution in [1.29, 1.82) is 0 Å². The van der Waals surface area contributed by atoms with Gasteiger partial charge in [-0.2, -0.15) is 0 Å². The molecule has 0 atom stereocenters. The molecule has 1 rings (SSSR count). The Balaban J connectivity index is 2.85. The van der Waals surface area contributed by atoms with E-state index in [1.54, 1.807) is 0 Å². The van der Waals surface area contributed by atoms with E-state index in [9.17, 15) is 4.79 Å². The molecule has 0 N–H and O–H groups in total. The van der Waals surface area contributed by atoms with Crippen molar-refractivity contribution in [2.24, 2.45) is 0 Å². The fourth-order valence-electron chi connectivity index (χ4n) is 1.06. The van der Waals surface area contributed by atoms with Crippen molar-refractivity contribution in [1.82, 2.24) is 0 Å². The van der Waals surface area contributed by atoms with Gasteiger partial charge in [-0.25, -0.2) is 0 Å². The third kappa shape index (κ3) is 3.17. The SMILES string of the molecule is C/C(=C\C(=O)C(Cl)Cl)c1ccccc1. The van der Waals surface area contributed by atoms with Gasteiger partial charge in [0.15, 0.2) is 10.6 Å². The van der Waals surface area contributed by atoms with Crippen LogP contribution in [0.5, 0.6) is 0 Å². The van der Waals surface area contributed by atoms with E-state index >= 15 is 0 Å². The topological polar surface area (TPSA) is 17.1 Å². The Hall–Kier alpha value is -0.790. The first-order chi connectivity index (χ1) is 6.61. The molecule has 0 aliphatic heterocycles. The van der Waals surface area contributed by atoms with Gasteiger partial charge in [0.05, 0.1) is 0 Å². The second-order valence-corrected chi connectivity index (χ2v) is 3.99. The minimum Gasteiger partial charge on any atom is -0.292 e. The van der Waals surface area contributed by atoms with Crippen molar-refractivity contribution in [2.45, 2.75) is 11.8 Å². The zero-order chi connectivity index (χ0) is 10.6. The van der Waals surface area contributed by atoms with Crippen LogP contribution in [0.3, 0.4) is 0 Å². The van der Waals surface area contributed by atoms with Crippen LogP contribution in [-0.2, 0) is 4.79 Å². The van der Waals surface area contributed by atoms with Crippen LogP contribution in [0.1, 0.15) is 12.5 Å². The molecule has 0 saturated heterocycles. The lowest BCUT2D eigenvalue weighted by atomic mass is 10.1. The van der Waals surface area contributed by atoms with Crippen molar-refractivity contribution in [3.63, 3.8) is 0 Å². The van der Waals surface area contributed by atoms with E-state index in [1.807, 2.05) is 37.3 Å². The first-order valence-electron chi connectivity index (χ1n) is 4.17. The maximum absolute atomic E-state index is 11.2. The summed E-state index contributed by atoms with van der Waals surface area (Å²) < 4.78 is 0. The molecule has 0 bridgehead atoms. The molecule has 74 valence electrons. The highest BCUT2D eigenvalue weighted by Crippen LogP contribution is 2.14. The average molecular weight is 229 g/mol. The Labute approximate surface area is 93.3 Å². The number of allylic oxidation sites excluding steroid dienone is 2. The second-order valence-electron chi connectivity index (χ2n) is 2.90. The van der Waals surface area contributed by atoms with Crippen LogP contribution in [-0.4, -0.2) is 10.6 Å².